The number of rotatable bonds is 7. The summed E-state index contributed by atoms with van der Waals surface area (Å²) in [6, 6.07) is 0.284. The molecule has 0 aliphatic carbocycles. The summed E-state index contributed by atoms with van der Waals surface area (Å²) in [5.74, 6) is 0. The van der Waals surface area contributed by atoms with E-state index >= 15 is 0 Å². The van der Waals surface area contributed by atoms with Crippen molar-refractivity contribution in [1.82, 2.24) is 4.98 Å². The molecular formula is C11H21N3O2S. The van der Waals surface area contributed by atoms with Gasteiger partial charge in [-0.05, 0) is 6.92 Å². The molecule has 0 spiro atoms. The van der Waals surface area contributed by atoms with E-state index < -0.39 is 0 Å². The smallest absolute Gasteiger partial charge is 0.185 e. The van der Waals surface area contributed by atoms with Crippen LogP contribution in [0.5, 0.6) is 0 Å². The minimum atomic E-state index is 0.284. The third-order valence-corrected chi connectivity index (χ3v) is 3.81. The van der Waals surface area contributed by atoms with Crippen molar-refractivity contribution in [3.05, 3.63) is 10.6 Å². The Morgan fingerprint density at radius 3 is 2.65 bits per heavy atom. The average molecular weight is 259 g/mol. The van der Waals surface area contributed by atoms with Crippen molar-refractivity contribution in [2.24, 2.45) is 5.73 Å². The molecule has 0 fully saturated rings. The molecule has 1 aromatic heterocycles. The van der Waals surface area contributed by atoms with Crippen LogP contribution in [-0.2, 0) is 22.6 Å². The molecule has 1 rings (SSSR count). The SMILES string of the molecule is COCc1nc(N(C)C(C)COC)sc1CN. The third kappa shape index (κ3) is 3.64. The molecule has 0 saturated carbocycles. The monoisotopic (exact) mass is 259 g/mol. The van der Waals surface area contributed by atoms with Gasteiger partial charge in [-0.1, -0.05) is 0 Å². The Bertz CT molecular complexity index is 343. The number of nitrogens with zero attached hydrogens (tertiary/aromatic N) is 2. The fourth-order valence-electron chi connectivity index (χ4n) is 1.47. The van der Waals surface area contributed by atoms with Crippen molar-refractivity contribution < 1.29 is 9.47 Å². The highest BCUT2D eigenvalue weighted by Crippen LogP contribution is 2.27. The van der Waals surface area contributed by atoms with Gasteiger partial charge in [0.25, 0.3) is 0 Å². The number of hydrogen-bond donors (Lipinski definition) is 1. The van der Waals surface area contributed by atoms with E-state index in [-0.39, 0.29) is 6.04 Å². The summed E-state index contributed by atoms with van der Waals surface area (Å²) < 4.78 is 10.3. The van der Waals surface area contributed by atoms with Gasteiger partial charge in [-0.25, -0.2) is 4.98 Å². The molecule has 0 amide bonds. The summed E-state index contributed by atoms with van der Waals surface area (Å²) in [4.78, 5) is 7.74. The topological polar surface area (TPSA) is 60.6 Å². The molecule has 1 aromatic rings. The van der Waals surface area contributed by atoms with Gasteiger partial charge in [0, 0.05) is 32.7 Å². The quantitative estimate of drug-likeness (QED) is 0.798. The minimum absolute atomic E-state index is 0.284. The van der Waals surface area contributed by atoms with Crippen molar-refractivity contribution in [3.8, 4) is 0 Å². The van der Waals surface area contributed by atoms with Gasteiger partial charge in [-0.3, -0.25) is 0 Å². The molecule has 2 N–H and O–H groups in total. The average Bonchev–Trinajstić information content (AvgIpc) is 2.72. The number of aromatic nitrogens is 1. The van der Waals surface area contributed by atoms with Crippen molar-refractivity contribution in [1.29, 1.82) is 0 Å². The van der Waals surface area contributed by atoms with Gasteiger partial charge < -0.3 is 20.1 Å². The van der Waals surface area contributed by atoms with Crippen LogP contribution in [-0.4, -0.2) is 38.9 Å². The van der Waals surface area contributed by atoms with Crippen LogP contribution in [0.3, 0.4) is 0 Å². The first-order valence-electron chi connectivity index (χ1n) is 5.53. The summed E-state index contributed by atoms with van der Waals surface area (Å²) >= 11 is 1.62. The Kier molecular flexibility index (Phi) is 5.84. The highest BCUT2D eigenvalue weighted by Gasteiger charge is 2.16. The molecule has 1 atom stereocenters. The Balaban J connectivity index is 2.83. The first-order chi connectivity index (χ1) is 8.13. The highest BCUT2D eigenvalue weighted by molar-refractivity contribution is 7.15. The lowest BCUT2D eigenvalue weighted by Gasteiger charge is -2.23. The van der Waals surface area contributed by atoms with Crippen LogP contribution in [0.2, 0.25) is 0 Å². The van der Waals surface area contributed by atoms with Gasteiger partial charge in [0.2, 0.25) is 0 Å². The van der Waals surface area contributed by atoms with Gasteiger partial charge >= 0.3 is 0 Å². The van der Waals surface area contributed by atoms with Crippen molar-refractivity contribution in [2.45, 2.75) is 26.1 Å². The van der Waals surface area contributed by atoms with E-state index in [4.69, 9.17) is 15.2 Å². The van der Waals surface area contributed by atoms with Crippen molar-refractivity contribution >= 4 is 16.5 Å². The van der Waals surface area contributed by atoms with E-state index in [2.05, 4.69) is 16.8 Å². The molecule has 1 unspecified atom stereocenters. The van der Waals surface area contributed by atoms with Gasteiger partial charge in [-0.2, -0.15) is 0 Å². The van der Waals surface area contributed by atoms with Gasteiger partial charge in [0.15, 0.2) is 5.13 Å². The van der Waals surface area contributed by atoms with Crippen LogP contribution in [0.25, 0.3) is 0 Å². The Morgan fingerprint density at radius 2 is 2.12 bits per heavy atom. The van der Waals surface area contributed by atoms with Crippen LogP contribution in [0, 0.1) is 0 Å². The number of hydrogen-bond acceptors (Lipinski definition) is 6. The summed E-state index contributed by atoms with van der Waals surface area (Å²) in [7, 11) is 5.38. The van der Waals surface area contributed by atoms with Crippen LogP contribution in [0.4, 0.5) is 5.13 Å². The maximum absolute atomic E-state index is 5.70. The molecule has 17 heavy (non-hydrogen) atoms. The van der Waals surface area contributed by atoms with Crippen molar-refractivity contribution in [3.63, 3.8) is 0 Å². The van der Waals surface area contributed by atoms with E-state index in [0.29, 0.717) is 19.8 Å². The standard InChI is InChI=1S/C11H21N3O2S/c1-8(6-15-3)14(2)11-13-9(7-16-4)10(5-12)17-11/h8H,5-7,12H2,1-4H3. The Hall–Kier alpha value is -0.690. The normalized spacial score (nSPS) is 12.8. The Labute approximate surface area is 107 Å². The van der Waals surface area contributed by atoms with Crippen molar-refractivity contribution in [2.75, 3.05) is 32.8 Å². The molecular weight excluding hydrogens is 238 g/mol. The fourth-order valence-corrected chi connectivity index (χ4v) is 2.48. The predicted molar refractivity (Wildman–Crippen MR) is 70.5 cm³/mol. The van der Waals surface area contributed by atoms with Crippen LogP contribution in [0.15, 0.2) is 0 Å². The fraction of sp³-hybridized carbons (Fsp3) is 0.727. The number of methoxy groups -OCH3 is 2. The number of thiazole rings is 1. The Morgan fingerprint density at radius 1 is 1.41 bits per heavy atom. The summed E-state index contributed by atoms with van der Waals surface area (Å²) in [5.41, 5.74) is 6.64. The lowest BCUT2D eigenvalue weighted by atomic mass is 10.3. The second kappa shape index (κ2) is 6.90. The first kappa shape index (κ1) is 14.4. The van der Waals surface area contributed by atoms with Gasteiger partial charge in [0.1, 0.15) is 0 Å². The number of nitrogens with two attached hydrogens (primary N) is 1. The van der Waals surface area contributed by atoms with E-state index in [9.17, 15) is 0 Å². The molecule has 0 aliphatic rings. The van der Waals surface area contributed by atoms with Gasteiger partial charge in [-0.15, -0.1) is 11.3 Å². The molecule has 6 heteroatoms. The molecule has 0 radical (unpaired) electrons. The van der Waals surface area contributed by atoms with E-state index in [1.54, 1.807) is 25.6 Å². The second-order valence-electron chi connectivity index (χ2n) is 3.92. The maximum Gasteiger partial charge on any atom is 0.185 e. The predicted octanol–water partition coefficient (Wildman–Crippen LogP) is 1.22. The van der Waals surface area contributed by atoms with E-state index in [1.165, 1.54) is 0 Å². The highest BCUT2D eigenvalue weighted by atomic mass is 32.1. The number of ether oxygens (including phenoxy) is 2. The minimum Gasteiger partial charge on any atom is -0.383 e. The molecule has 98 valence electrons. The number of anilines is 1. The maximum atomic E-state index is 5.70. The third-order valence-electron chi connectivity index (χ3n) is 2.60. The largest absolute Gasteiger partial charge is 0.383 e. The van der Waals surface area contributed by atoms with E-state index in [1.807, 2.05) is 7.05 Å². The lowest BCUT2D eigenvalue weighted by molar-refractivity contribution is 0.180. The van der Waals surface area contributed by atoms with E-state index in [0.717, 1.165) is 15.7 Å². The van der Waals surface area contributed by atoms with Crippen LogP contribution < -0.4 is 10.6 Å². The summed E-state index contributed by atoms with van der Waals surface area (Å²) in [5, 5.41) is 0.960. The summed E-state index contributed by atoms with van der Waals surface area (Å²) in [6.07, 6.45) is 0. The molecule has 1 heterocycles. The lowest BCUT2D eigenvalue weighted by Crippen LogP contribution is -2.32. The first-order valence-corrected chi connectivity index (χ1v) is 6.35. The molecule has 0 bridgehead atoms. The zero-order chi connectivity index (χ0) is 12.8. The summed E-state index contributed by atoms with van der Waals surface area (Å²) in [6.45, 7) is 3.79. The molecule has 0 aliphatic heterocycles. The molecule has 0 aromatic carbocycles. The zero-order valence-corrected chi connectivity index (χ0v) is 11.7. The zero-order valence-electron chi connectivity index (χ0n) is 10.9. The van der Waals surface area contributed by atoms with Crippen LogP contribution in [0.1, 0.15) is 17.5 Å². The second-order valence-corrected chi connectivity index (χ2v) is 4.98. The number of likely N-dealkylation sites (N-methyl/N-ethyl adjacent to an activating group) is 1. The molecule has 5 nitrogen and oxygen atoms in total. The van der Waals surface area contributed by atoms with Gasteiger partial charge in [0.05, 0.1) is 24.9 Å². The van der Waals surface area contributed by atoms with Crippen LogP contribution >= 0.6 is 11.3 Å². The molecule has 0 saturated heterocycles.